The molecule has 0 aromatic heterocycles. The molecule has 0 fully saturated rings. The van der Waals surface area contributed by atoms with Gasteiger partial charge in [0.1, 0.15) is 0 Å². The molecule has 0 heterocycles. The third-order valence-corrected chi connectivity index (χ3v) is 3.93. The summed E-state index contributed by atoms with van der Waals surface area (Å²) in [5.74, 6) is -0.0379. The first-order chi connectivity index (χ1) is 9.56. The van der Waals surface area contributed by atoms with Crippen LogP contribution in [-0.2, 0) is 0 Å². The van der Waals surface area contributed by atoms with Crippen LogP contribution in [0.1, 0.15) is 61.4 Å². The van der Waals surface area contributed by atoms with Crippen LogP contribution in [0.15, 0.2) is 16.6 Å². The van der Waals surface area contributed by atoms with Crippen LogP contribution < -0.4 is 11.1 Å². The summed E-state index contributed by atoms with van der Waals surface area (Å²) < 4.78 is 0.838. The maximum absolute atomic E-state index is 12.1. The molecule has 0 unspecified atom stereocenters. The zero-order valence-electron chi connectivity index (χ0n) is 12.5. The third-order valence-electron chi connectivity index (χ3n) is 3.47. The van der Waals surface area contributed by atoms with Crippen LogP contribution in [0.4, 0.5) is 5.69 Å². The fourth-order valence-electron chi connectivity index (χ4n) is 2.14. The Bertz CT molecular complexity index is 446. The number of rotatable bonds is 8. The number of hydrogen-bond acceptors (Lipinski definition) is 2. The number of amides is 1. The molecular weight excluding hydrogens is 316 g/mol. The summed E-state index contributed by atoms with van der Waals surface area (Å²) in [6.07, 6.45) is 7.35. The van der Waals surface area contributed by atoms with Crippen LogP contribution in [-0.4, -0.2) is 12.5 Å². The molecule has 3 N–H and O–H groups in total. The highest BCUT2D eigenvalue weighted by atomic mass is 79.9. The molecule has 0 aliphatic heterocycles. The Kier molecular flexibility index (Phi) is 7.67. The van der Waals surface area contributed by atoms with Crippen LogP contribution in [0.3, 0.4) is 0 Å². The summed E-state index contributed by atoms with van der Waals surface area (Å²) >= 11 is 3.37. The van der Waals surface area contributed by atoms with Crippen molar-refractivity contribution >= 4 is 27.5 Å². The molecule has 0 radical (unpaired) electrons. The van der Waals surface area contributed by atoms with E-state index in [1.54, 1.807) is 0 Å². The second kappa shape index (κ2) is 9.01. The van der Waals surface area contributed by atoms with Crippen LogP contribution in [0.5, 0.6) is 0 Å². The number of hydrogen-bond donors (Lipinski definition) is 2. The molecule has 3 nitrogen and oxygen atoms in total. The highest BCUT2D eigenvalue weighted by Crippen LogP contribution is 2.22. The molecule has 1 aromatic rings. The Morgan fingerprint density at radius 3 is 2.55 bits per heavy atom. The maximum atomic E-state index is 12.1. The van der Waals surface area contributed by atoms with Crippen molar-refractivity contribution in [2.45, 2.75) is 52.4 Å². The van der Waals surface area contributed by atoms with E-state index >= 15 is 0 Å². The molecular formula is C16H25BrN2O. The van der Waals surface area contributed by atoms with Crippen molar-refractivity contribution < 1.29 is 4.79 Å². The molecule has 112 valence electrons. The van der Waals surface area contributed by atoms with Gasteiger partial charge in [-0.3, -0.25) is 4.79 Å². The topological polar surface area (TPSA) is 55.1 Å². The molecule has 0 saturated carbocycles. The van der Waals surface area contributed by atoms with Gasteiger partial charge < -0.3 is 11.1 Å². The van der Waals surface area contributed by atoms with Crippen molar-refractivity contribution in [1.29, 1.82) is 0 Å². The molecule has 1 aromatic carbocycles. The molecule has 0 aliphatic rings. The van der Waals surface area contributed by atoms with Gasteiger partial charge in [-0.1, -0.05) is 55.0 Å². The second-order valence-electron chi connectivity index (χ2n) is 5.19. The summed E-state index contributed by atoms with van der Waals surface area (Å²) in [7, 11) is 0. The Morgan fingerprint density at radius 2 is 1.85 bits per heavy atom. The summed E-state index contributed by atoms with van der Waals surface area (Å²) in [4.78, 5) is 12.1. The summed E-state index contributed by atoms with van der Waals surface area (Å²) in [6.45, 7) is 4.82. The lowest BCUT2D eigenvalue weighted by molar-refractivity contribution is 0.0952. The zero-order chi connectivity index (χ0) is 15.0. The number of anilines is 1. The van der Waals surface area contributed by atoms with Gasteiger partial charge in [0.05, 0.1) is 0 Å². The predicted molar refractivity (Wildman–Crippen MR) is 89.0 cm³/mol. The average molecular weight is 341 g/mol. The molecule has 0 atom stereocenters. The number of halogens is 1. The van der Waals surface area contributed by atoms with Gasteiger partial charge >= 0.3 is 0 Å². The van der Waals surface area contributed by atoms with Crippen molar-refractivity contribution in [3.05, 3.63) is 27.7 Å². The van der Waals surface area contributed by atoms with E-state index in [-0.39, 0.29) is 5.91 Å². The van der Waals surface area contributed by atoms with Gasteiger partial charge in [0, 0.05) is 22.3 Å². The lowest BCUT2D eigenvalue weighted by Gasteiger charge is -2.10. The van der Waals surface area contributed by atoms with Gasteiger partial charge in [0.25, 0.3) is 5.91 Å². The molecule has 0 saturated heterocycles. The average Bonchev–Trinajstić information content (AvgIpc) is 2.41. The fraction of sp³-hybridized carbons (Fsp3) is 0.562. The van der Waals surface area contributed by atoms with Gasteiger partial charge in [-0.15, -0.1) is 0 Å². The SMILES string of the molecule is CCCCCCCCNC(=O)c1cc(Br)cc(N)c1C. The van der Waals surface area contributed by atoms with Crippen molar-refractivity contribution in [1.82, 2.24) is 5.32 Å². The predicted octanol–water partition coefficient (Wildman–Crippen LogP) is 4.43. The van der Waals surface area contributed by atoms with Gasteiger partial charge in [-0.05, 0) is 31.0 Å². The first kappa shape index (κ1) is 17.0. The second-order valence-corrected chi connectivity index (χ2v) is 6.11. The summed E-state index contributed by atoms with van der Waals surface area (Å²) in [5.41, 5.74) is 8.01. The highest BCUT2D eigenvalue weighted by molar-refractivity contribution is 9.10. The minimum atomic E-state index is -0.0379. The first-order valence-electron chi connectivity index (χ1n) is 7.40. The van der Waals surface area contributed by atoms with E-state index in [0.29, 0.717) is 11.3 Å². The number of nitrogens with one attached hydrogen (secondary N) is 1. The van der Waals surface area contributed by atoms with E-state index in [1.807, 2.05) is 19.1 Å². The Hall–Kier alpha value is -1.03. The smallest absolute Gasteiger partial charge is 0.251 e. The molecule has 0 spiro atoms. The molecule has 20 heavy (non-hydrogen) atoms. The number of unbranched alkanes of at least 4 members (excludes halogenated alkanes) is 5. The standard InChI is InChI=1S/C16H25BrN2O/c1-3-4-5-6-7-8-9-19-16(20)14-10-13(17)11-15(18)12(14)2/h10-11H,3-9,18H2,1-2H3,(H,19,20). The maximum Gasteiger partial charge on any atom is 0.251 e. The molecule has 0 bridgehead atoms. The van der Waals surface area contributed by atoms with Crippen molar-refractivity contribution in [2.75, 3.05) is 12.3 Å². The molecule has 1 rings (SSSR count). The Balaban J connectivity index is 2.36. The van der Waals surface area contributed by atoms with Crippen LogP contribution >= 0.6 is 15.9 Å². The van der Waals surface area contributed by atoms with E-state index in [1.165, 1.54) is 32.1 Å². The number of benzene rings is 1. The third kappa shape index (κ3) is 5.53. The lowest BCUT2D eigenvalue weighted by atomic mass is 10.1. The minimum Gasteiger partial charge on any atom is -0.398 e. The number of carbonyl (C=O) groups excluding carboxylic acids is 1. The monoisotopic (exact) mass is 340 g/mol. The largest absolute Gasteiger partial charge is 0.398 e. The van der Waals surface area contributed by atoms with E-state index < -0.39 is 0 Å². The van der Waals surface area contributed by atoms with Crippen molar-refractivity contribution in [3.8, 4) is 0 Å². The quantitative estimate of drug-likeness (QED) is 0.543. The lowest BCUT2D eigenvalue weighted by Crippen LogP contribution is -2.25. The number of nitrogen functional groups attached to an aromatic ring is 1. The summed E-state index contributed by atoms with van der Waals surface area (Å²) in [6, 6.07) is 3.64. The van der Waals surface area contributed by atoms with E-state index in [4.69, 9.17) is 5.73 Å². The fourth-order valence-corrected chi connectivity index (χ4v) is 2.61. The van der Waals surface area contributed by atoms with Gasteiger partial charge in [0.2, 0.25) is 0 Å². The Labute approximate surface area is 130 Å². The van der Waals surface area contributed by atoms with Crippen LogP contribution in [0, 0.1) is 6.92 Å². The minimum absolute atomic E-state index is 0.0379. The number of carbonyl (C=O) groups is 1. The normalized spacial score (nSPS) is 10.6. The Morgan fingerprint density at radius 1 is 1.20 bits per heavy atom. The van der Waals surface area contributed by atoms with Crippen molar-refractivity contribution in [3.63, 3.8) is 0 Å². The van der Waals surface area contributed by atoms with Gasteiger partial charge in [-0.2, -0.15) is 0 Å². The van der Waals surface area contributed by atoms with Crippen LogP contribution in [0.25, 0.3) is 0 Å². The van der Waals surface area contributed by atoms with Crippen molar-refractivity contribution in [2.24, 2.45) is 0 Å². The highest BCUT2D eigenvalue weighted by Gasteiger charge is 2.11. The summed E-state index contributed by atoms with van der Waals surface area (Å²) in [5, 5.41) is 2.97. The van der Waals surface area contributed by atoms with Crippen LogP contribution in [0.2, 0.25) is 0 Å². The molecule has 4 heteroatoms. The number of nitrogens with two attached hydrogens (primary N) is 1. The molecule has 0 aliphatic carbocycles. The zero-order valence-corrected chi connectivity index (χ0v) is 14.1. The van der Waals surface area contributed by atoms with E-state index in [0.717, 1.165) is 23.0 Å². The van der Waals surface area contributed by atoms with E-state index in [9.17, 15) is 4.79 Å². The van der Waals surface area contributed by atoms with Gasteiger partial charge in [0.15, 0.2) is 0 Å². The van der Waals surface area contributed by atoms with Gasteiger partial charge in [-0.25, -0.2) is 0 Å². The van der Waals surface area contributed by atoms with E-state index in [2.05, 4.69) is 28.2 Å². The first-order valence-corrected chi connectivity index (χ1v) is 8.19. The molecule has 1 amide bonds.